The largest absolute Gasteiger partial charge is 0.364 e. The van der Waals surface area contributed by atoms with Crippen molar-refractivity contribution in [2.45, 2.75) is 6.54 Å². The van der Waals surface area contributed by atoms with E-state index >= 15 is 0 Å². The fourth-order valence-corrected chi connectivity index (χ4v) is 2.89. The molecule has 3 aliphatic heterocycles. The molecule has 0 bridgehead atoms. The first-order valence-corrected chi connectivity index (χ1v) is 6.35. The predicted octanol–water partition coefficient (Wildman–Crippen LogP) is 1.87. The van der Waals surface area contributed by atoms with Gasteiger partial charge in [-0.15, -0.1) is 0 Å². The predicted molar refractivity (Wildman–Crippen MR) is 76.1 cm³/mol. The van der Waals surface area contributed by atoms with E-state index in [2.05, 4.69) is 4.98 Å². The van der Waals surface area contributed by atoms with Crippen LogP contribution in [-0.4, -0.2) is 13.6 Å². The Balaban J connectivity index is 2.38. The zero-order chi connectivity index (χ0) is 13.0. The summed E-state index contributed by atoms with van der Waals surface area (Å²) in [6.07, 6.45) is 11.2. The smallest absolute Gasteiger partial charge is 0.210 e. The fourth-order valence-electron chi connectivity index (χ4n) is 2.70. The number of hydrogen-bond donors (Lipinski definition) is 1. The molecule has 0 spiro atoms. The quantitative estimate of drug-likeness (QED) is 0.666. The highest BCUT2D eigenvalue weighted by Crippen LogP contribution is 2.29. The normalized spacial score (nSPS) is 13.7. The Morgan fingerprint density at radius 3 is 3.11 bits per heavy atom. The number of halogens is 1. The maximum Gasteiger partial charge on any atom is 0.210 e. The molecular weight excluding hydrogens is 262 g/mol. The van der Waals surface area contributed by atoms with Gasteiger partial charge in [-0.1, -0.05) is 12.2 Å². The number of hydrogen-bond acceptors (Lipinski definition) is 1. The van der Waals surface area contributed by atoms with Gasteiger partial charge in [0, 0.05) is 47.9 Å². The van der Waals surface area contributed by atoms with E-state index in [4.69, 9.17) is 11.8 Å². The van der Waals surface area contributed by atoms with E-state index in [1.165, 1.54) is 4.09 Å². The zero-order valence-corrected chi connectivity index (χ0v) is 10.7. The van der Waals surface area contributed by atoms with Crippen LogP contribution in [-0.2, 0) is 6.54 Å². The van der Waals surface area contributed by atoms with Gasteiger partial charge >= 0.3 is 0 Å². The number of nitrogens with zero attached hydrogens (tertiary/aromatic N) is 2. The number of rotatable bonds is 0. The van der Waals surface area contributed by atoms with Crippen molar-refractivity contribution in [2.24, 2.45) is 0 Å². The summed E-state index contributed by atoms with van der Waals surface area (Å²) in [5.74, 6) is 0. The molecule has 0 saturated carbocycles. The standard InChI is InChI=1S/C14H10ClN3O/c15-18-6-4-9-13-11(7-16-8-12(13)18)17-5-2-1-3-10(17)14(9)19/h1-4,6-8,16H,5H2. The molecule has 4 rings (SSSR count). The van der Waals surface area contributed by atoms with Crippen LogP contribution in [0.3, 0.4) is 0 Å². The summed E-state index contributed by atoms with van der Waals surface area (Å²) in [6.45, 7) is 0.696. The number of allylic oxidation sites excluding steroid dienone is 2. The summed E-state index contributed by atoms with van der Waals surface area (Å²) in [7, 11) is 0. The van der Waals surface area contributed by atoms with Crippen molar-refractivity contribution in [1.82, 2.24) is 13.6 Å². The lowest BCUT2D eigenvalue weighted by molar-refractivity contribution is 0.803. The monoisotopic (exact) mass is 271 g/mol. The molecule has 1 aromatic rings. The molecular formula is C14H10ClN3O. The first-order chi connectivity index (χ1) is 9.27. The van der Waals surface area contributed by atoms with Crippen LogP contribution in [0.1, 0.15) is 0 Å². The van der Waals surface area contributed by atoms with E-state index < -0.39 is 0 Å². The molecule has 0 aromatic carbocycles. The lowest BCUT2D eigenvalue weighted by atomic mass is 10.0. The van der Waals surface area contributed by atoms with Crippen molar-refractivity contribution in [3.8, 4) is 11.3 Å². The molecule has 0 atom stereocenters. The van der Waals surface area contributed by atoms with E-state index in [-0.39, 0.29) is 5.43 Å². The lowest BCUT2D eigenvalue weighted by Crippen LogP contribution is -2.37. The third kappa shape index (κ3) is 1.32. The van der Waals surface area contributed by atoms with Crippen LogP contribution < -0.4 is 10.8 Å². The fraction of sp³-hybridized carbons (Fsp3) is 0.0714. The van der Waals surface area contributed by atoms with E-state index in [1.54, 1.807) is 18.5 Å². The van der Waals surface area contributed by atoms with Gasteiger partial charge in [0.25, 0.3) is 0 Å². The number of aromatic amines is 1. The molecule has 1 N–H and O–H groups in total. The number of aromatic nitrogens is 3. The molecule has 0 saturated heterocycles. The molecule has 19 heavy (non-hydrogen) atoms. The van der Waals surface area contributed by atoms with Crippen molar-refractivity contribution in [2.75, 3.05) is 0 Å². The molecule has 5 heteroatoms. The van der Waals surface area contributed by atoms with Gasteiger partial charge in [0.2, 0.25) is 5.43 Å². The minimum absolute atomic E-state index is 0.0466. The highest BCUT2D eigenvalue weighted by Gasteiger charge is 2.18. The second kappa shape index (κ2) is 3.65. The Labute approximate surface area is 113 Å². The molecule has 0 fully saturated rings. The van der Waals surface area contributed by atoms with Crippen LogP contribution in [0.5, 0.6) is 0 Å². The molecule has 0 radical (unpaired) electrons. The van der Waals surface area contributed by atoms with Gasteiger partial charge in [-0.25, -0.2) is 0 Å². The van der Waals surface area contributed by atoms with E-state index in [0.29, 0.717) is 17.3 Å². The van der Waals surface area contributed by atoms with Crippen LogP contribution in [0.4, 0.5) is 0 Å². The third-order valence-electron chi connectivity index (χ3n) is 3.56. The van der Waals surface area contributed by atoms with Crippen LogP contribution in [0, 0.1) is 0 Å². The van der Waals surface area contributed by atoms with E-state index in [1.807, 2.05) is 29.0 Å². The molecule has 94 valence electrons. The number of nitrogens with one attached hydrogen (secondary N) is 1. The summed E-state index contributed by atoms with van der Waals surface area (Å²) in [5, 5.41) is 1.41. The summed E-state index contributed by atoms with van der Waals surface area (Å²) >= 11 is 6.14. The molecule has 3 aliphatic rings. The van der Waals surface area contributed by atoms with Gasteiger partial charge < -0.3 is 9.55 Å². The van der Waals surface area contributed by atoms with Gasteiger partial charge in [0.1, 0.15) is 0 Å². The minimum Gasteiger partial charge on any atom is -0.364 e. The highest BCUT2D eigenvalue weighted by molar-refractivity contribution is 6.18. The molecule has 1 aromatic heterocycles. The van der Waals surface area contributed by atoms with E-state index in [9.17, 15) is 4.79 Å². The topological polar surface area (TPSA) is 42.7 Å². The first kappa shape index (κ1) is 10.7. The average Bonchev–Trinajstić information content (AvgIpc) is 2.46. The van der Waals surface area contributed by atoms with Crippen molar-refractivity contribution in [1.29, 1.82) is 0 Å². The maximum atomic E-state index is 12.5. The minimum atomic E-state index is 0.0466. The second-order valence-electron chi connectivity index (χ2n) is 4.56. The average molecular weight is 272 g/mol. The Morgan fingerprint density at radius 1 is 1.32 bits per heavy atom. The second-order valence-corrected chi connectivity index (χ2v) is 4.93. The van der Waals surface area contributed by atoms with Crippen LogP contribution in [0.2, 0.25) is 0 Å². The molecule has 4 heterocycles. The molecule has 0 amide bonds. The van der Waals surface area contributed by atoms with Gasteiger partial charge in [0.15, 0.2) is 0 Å². The number of fused-ring (bicyclic) bond motifs is 2. The van der Waals surface area contributed by atoms with E-state index in [0.717, 1.165) is 16.8 Å². The third-order valence-corrected chi connectivity index (χ3v) is 3.86. The maximum absolute atomic E-state index is 12.5. The van der Waals surface area contributed by atoms with Crippen molar-refractivity contribution in [3.63, 3.8) is 0 Å². The zero-order valence-electron chi connectivity index (χ0n) is 9.93. The Kier molecular flexibility index (Phi) is 2.05. The lowest BCUT2D eigenvalue weighted by Gasteiger charge is -2.19. The van der Waals surface area contributed by atoms with Gasteiger partial charge in [-0.05, 0) is 12.1 Å². The number of H-pyrrole nitrogens is 1. The van der Waals surface area contributed by atoms with Gasteiger partial charge in [-0.2, -0.15) is 0 Å². The molecule has 0 aliphatic carbocycles. The van der Waals surface area contributed by atoms with Gasteiger partial charge in [-0.3, -0.25) is 8.88 Å². The molecule has 4 nitrogen and oxygen atoms in total. The first-order valence-electron chi connectivity index (χ1n) is 6.01. The van der Waals surface area contributed by atoms with Crippen molar-refractivity contribution < 1.29 is 0 Å². The van der Waals surface area contributed by atoms with Gasteiger partial charge in [0.05, 0.1) is 16.6 Å². The highest BCUT2D eigenvalue weighted by atomic mass is 35.5. The van der Waals surface area contributed by atoms with Crippen LogP contribution >= 0.6 is 11.8 Å². The van der Waals surface area contributed by atoms with Crippen LogP contribution in [0.15, 0.2) is 41.6 Å². The Bertz CT molecular complexity index is 926. The summed E-state index contributed by atoms with van der Waals surface area (Å²) in [6, 6.07) is 1.78. The Morgan fingerprint density at radius 2 is 2.21 bits per heavy atom. The van der Waals surface area contributed by atoms with Crippen LogP contribution in [0.25, 0.3) is 28.2 Å². The number of pyridine rings is 3. The Hall–Kier alpha value is -2.20. The molecule has 0 unspecified atom stereocenters. The SMILES string of the molecule is O=c1c2n(c3c[nH]cc4n(Cl)ccc1c3-4)CC=CC=2. The summed E-state index contributed by atoms with van der Waals surface area (Å²) < 4.78 is 3.51. The van der Waals surface area contributed by atoms with Crippen molar-refractivity contribution in [3.05, 3.63) is 52.4 Å². The summed E-state index contributed by atoms with van der Waals surface area (Å²) in [4.78, 5) is 15.6. The van der Waals surface area contributed by atoms with Crippen molar-refractivity contribution >= 4 is 28.8 Å². The summed E-state index contributed by atoms with van der Waals surface area (Å²) in [5.41, 5.74) is 2.73.